The van der Waals surface area contributed by atoms with Crippen LogP contribution in [0.3, 0.4) is 0 Å². The van der Waals surface area contributed by atoms with Crippen molar-refractivity contribution in [3.63, 3.8) is 0 Å². The van der Waals surface area contributed by atoms with Crippen molar-refractivity contribution in [2.75, 3.05) is 5.73 Å². The van der Waals surface area contributed by atoms with Crippen LogP contribution in [0.5, 0.6) is 5.75 Å². The molecule has 0 fully saturated rings. The molecule has 0 aliphatic heterocycles. The number of fused-ring (bicyclic) bond motifs is 1. The largest absolute Gasteiger partial charge is 0.508 e. The van der Waals surface area contributed by atoms with Gasteiger partial charge in [-0.25, -0.2) is 0 Å². The monoisotopic (exact) mass is 163 g/mol. The van der Waals surface area contributed by atoms with E-state index < -0.39 is 0 Å². The first-order chi connectivity index (χ1) is 5.68. The molecule has 1 heterocycles. The zero-order valence-corrected chi connectivity index (χ0v) is 6.65. The molecule has 1 aromatic carbocycles. The number of nitrogens with zero attached hydrogens (tertiary/aromatic N) is 2. The molecule has 62 valence electrons. The highest BCUT2D eigenvalue weighted by atomic mass is 16.3. The molecular formula is C8H9N3O. The average molecular weight is 163 g/mol. The second-order valence-electron chi connectivity index (χ2n) is 2.71. The maximum atomic E-state index is 9.14. The minimum Gasteiger partial charge on any atom is -0.508 e. The van der Waals surface area contributed by atoms with Crippen LogP contribution < -0.4 is 5.73 Å². The van der Waals surface area contributed by atoms with Crippen molar-refractivity contribution in [1.82, 2.24) is 9.78 Å². The Morgan fingerprint density at radius 1 is 1.50 bits per heavy atom. The number of rotatable bonds is 0. The summed E-state index contributed by atoms with van der Waals surface area (Å²) < 4.78 is 1.59. The van der Waals surface area contributed by atoms with Crippen molar-refractivity contribution in [2.24, 2.45) is 7.05 Å². The Balaban J connectivity index is 2.87. The average Bonchev–Trinajstić information content (AvgIpc) is 2.28. The van der Waals surface area contributed by atoms with Crippen LogP contribution in [-0.2, 0) is 7.05 Å². The van der Waals surface area contributed by atoms with Gasteiger partial charge in [0.05, 0.1) is 5.52 Å². The zero-order chi connectivity index (χ0) is 8.72. The Hall–Kier alpha value is -1.71. The van der Waals surface area contributed by atoms with E-state index in [1.54, 1.807) is 29.9 Å². The molecule has 0 amide bonds. The molecule has 12 heavy (non-hydrogen) atoms. The van der Waals surface area contributed by atoms with Crippen LogP contribution in [0.2, 0.25) is 0 Å². The second kappa shape index (κ2) is 2.14. The van der Waals surface area contributed by atoms with Crippen LogP contribution in [0.1, 0.15) is 0 Å². The van der Waals surface area contributed by atoms with Crippen molar-refractivity contribution in [1.29, 1.82) is 0 Å². The predicted molar refractivity (Wildman–Crippen MR) is 46.8 cm³/mol. The van der Waals surface area contributed by atoms with Gasteiger partial charge in [0, 0.05) is 18.5 Å². The van der Waals surface area contributed by atoms with Gasteiger partial charge in [0.2, 0.25) is 0 Å². The highest BCUT2D eigenvalue weighted by Gasteiger charge is 2.04. The van der Waals surface area contributed by atoms with Gasteiger partial charge in [-0.15, -0.1) is 0 Å². The first kappa shape index (κ1) is 6.97. The molecule has 1 aromatic heterocycles. The summed E-state index contributed by atoms with van der Waals surface area (Å²) in [6.45, 7) is 0. The Kier molecular flexibility index (Phi) is 1.24. The fourth-order valence-electron chi connectivity index (χ4n) is 1.21. The van der Waals surface area contributed by atoms with Crippen molar-refractivity contribution in [2.45, 2.75) is 0 Å². The smallest absolute Gasteiger partial charge is 0.129 e. The molecule has 2 aromatic rings. The number of aryl methyl sites for hydroxylation is 1. The van der Waals surface area contributed by atoms with Gasteiger partial charge in [0.25, 0.3) is 0 Å². The Bertz CT molecular complexity index is 433. The minimum atomic E-state index is 0.209. The van der Waals surface area contributed by atoms with Gasteiger partial charge in [-0.2, -0.15) is 5.10 Å². The van der Waals surface area contributed by atoms with Gasteiger partial charge < -0.3 is 10.8 Å². The summed E-state index contributed by atoms with van der Waals surface area (Å²) in [4.78, 5) is 0. The van der Waals surface area contributed by atoms with E-state index >= 15 is 0 Å². The maximum Gasteiger partial charge on any atom is 0.129 e. The summed E-state index contributed by atoms with van der Waals surface area (Å²) in [7, 11) is 1.77. The van der Waals surface area contributed by atoms with Crippen LogP contribution in [0.25, 0.3) is 10.9 Å². The maximum absolute atomic E-state index is 9.14. The molecule has 3 N–H and O–H groups in total. The summed E-state index contributed by atoms with van der Waals surface area (Å²) in [5.74, 6) is 0.825. The summed E-state index contributed by atoms with van der Waals surface area (Å²) in [6, 6.07) is 4.94. The number of anilines is 1. The van der Waals surface area contributed by atoms with Gasteiger partial charge in [-0.05, 0) is 12.1 Å². The lowest BCUT2D eigenvalue weighted by Gasteiger charge is -1.91. The Morgan fingerprint density at radius 3 is 3.00 bits per heavy atom. The predicted octanol–water partition coefficient (Wildman–Crippen LogP) is 0.861. The van der Waals surface area contributed by atoms with E-state index in [-0.39, 0.29) is 5.75 Å². The highest BCUT2D eigenvalue weighted by molar-refractivity contribution is 5.89. The first-order valence-electron chi connectivity index (χ1n) is 3.59. The van der Waals surface area contributed by atoms with E-state index in [0.717, 1.165) is 10.9 Å². The molecule has 0 spiro atoms. The van der Waals surface area contributed by atoms with Crippen molar-refractivity contribution < 1.29 is 5.11 Å². The van der Waals surface area contributed by atoms with Crippen molar-refractivity contribution >= 4 is 16.7 Å². The zero-order valence-electron chi connectivity index (χ0n) is 6.65. The number of phenols is 1. The fraction of sp³-hybridized carbons (Fsp3) is 0.125. The number of nitrogen functional groups attached to an aromatic ring is 1. The molecule has 0 radical (unpaired) electrons. The standard InChI is InChI=1S/C8H9N3O/c1-11-8(9)6-3-2-5(12)4-7(6)10-11/h2-4,12H,9H2,1H3. The number of benzene rings is 1. The van der Waals surface area contributed by atoms with Gasteiger partial charge in [-0.1, -0.05) is 0 Å². The van der Waals surface area contributed by atoms with E-state index in [1.807, 2.05) is 0 Å². The Morgan fingerprint density at radius 2 is 2.25 bits per heavy atom. The van der Waals surface area contributed by atoms with E-state index in [9.17, 15) is 0 Å². The molecule has 0 saturated carbocycles. The molecule has 0 saturated heterocycles. The lowest BCUT2D eigenvalue weighted by Crippen LogP contribution is -1.96. The third kappa shape index (κ3) is 0.812. The van der Waals surface area contributed by atoms with Crippen LogP contribution in [0.15, 0.2) is 18.2 Å². The van der Waals surface area contributed by atoms with Gasteiger partial charge in [0.15, 0.2) is 0 Å². The molecule has 0 atom stereocenters. The topological polar surface area (TPSA) is 64.1 Å². The number of nitrogens with two attached hydrogens (primary N) is 1. The molecular weight excluding hydrogens is 154 g/mol. The normalized spacial score (nSPS) is 10.8. The lowest BCUT2D eigenvalue weighted by atomic mass is 10.2. The number of aromatic hydroxyl groups is 1. The van der Waals surface area contributed by atoms with Crippen LogP contribution in [0, 0.1) is 0 Å². The van der Waals surface area contributed by atoms with E-state index in [4.69, 9.17) is 10.8 Å². The third-order valence-corrected chi connectivity index (χ3v) is 1.86. The van der Waals surface area contributed by atoms with Gasteiger partial charge >= 0.3 is 0 Å². The SMILES string of the molecule is Cn1nc2cc(O)ccc2c1N. The minimum absolute atomic E-state index is 0.209. The molecule has 0 aliphatic carbocycles. The van der Waals surface area contributed by atoms with Gasteiger partial charge in [-0.3, -0.25) is 4.68 Å². The summed E-state index contributed by atoms with van der Waals surface area (Å²) >= 11 is 0. The molecule has 2 rings (SSSR count). The number of hydrogen-bond donors (Lipinski definition) is 2. The van der Waals surface area contributed by atoms with E-state index in [2.05, 4.69) is 5.10 Å². The summed E-state index contributed by atoms with van der Waals surface area (Å²) in [5.41, 5.74) is 6.42. The molecule has 4 heteroatoms. The number of hydrogen-bond acceptors (Lipinski definition) is 3. The quantitative estimate of drug-likeness (QED) is 0.605. The van der Waals surface area contributed by atoms with Crippen LogP contribution in [-0.4, -0.2) is 14.9 Å². The summed E-state index contributed by atoms with van der Waals surface area (Å²) in [5, 5.41) is 14.1. The third-order valence-electron chi connectivity index (χ3n) is 1.86. The van der Waals surface area contributed by atoms with E-state index in [0.29, 0.717) is 5.82 Å². The van der Waals surface area contributed by atoms with Crippen LogP contribution >= 0.6 is 0 Å². The first-order valence-corrected chi connectivity index (χ1v) is 3.59. The van der Waals surface area contributed by atoms with E-state index in [1.165, 1.54) is 0 Å². The van der Waals surface area contributed by atoms with Crippen molar-refractivity contribution in [3.05, 3.63) is 18.2 Å². The molecule has 0 bridgehead atoms. The van der Waals surface area contributed by atoms with Crippen molar-refractivity contribution in [3.8, 4) is 5.75 Å². The molecule has 0 aliphatic rings. The fourth-order valence-corrected chi connectivity index (χ4v) is 1.21. The number of aromatic nitrogens is 2. The highest BCUT2D eigenvalue weighted by Crippen LogP contribution is 2.23. The van der Waals surface area contributed by atoms with Gasteiger partial charge in [0.1, 0.15) is 11.6 Å². The second-order valence-corrected chi connectivity index (χ2v) is 2.71. The van der Waals surface area contributed by atoms with Crippen LogP contribution in [0.4, 0.5) is 5.82 Å². The number of phenolic OH excluding ortho intramolecular Hbond substituents is 1. The molecule has 4 nitrogen and oxygen atoms in total. The molecule has 0 unspecified atom stereocenters. The summed E-state index contributed by atoms with van der Waals surface area (Å²) in [6.07, 6.45) is 0. The lowest BCUT2D eigenvalue weighted by molar-refractivity contribution is 0.476. The Labute approximate surface area is 69.2 Å².